The van der Waals surface area contributed by atoms with Gasteiger partial charge in [-0.15, -0.1) is 0 Å². The van der Waals surface area contributed by atoms with Gasteiger partial charge in [-0.1, -0.05) is 53.5 Å². The third-order valence-electron chi connectivity index (χ3n) is 3.10. The molecule has 0 N–H and O–H groups in total. The van der Waals surface area contributed by atoms with Crippen molar-refractivity contribution in [2.24, 2.45) is 0 Å². The summed E-state index contributed by atoms with van der Waals surface area (Å²) in [6.45, 7) is 0. The minimum Gasteiger partial charge on any atom is -0.298 e. The van der Waals surface area contributed by atoms with E-state index in [0.717, 1.165) is 6.29 Å². The molecule has 0 aliphatic carbocycles. The maximum absolute atomic E-state index is 11.3. The quantitative estimate of drug-likeness (QED) is 0.659. The number of aromatic nitrogens is 2. The topological polar surface area (TPSA) is 34.9 Å². The molecule has 3 rings (SSSR count). The highest BCUT2D eigenvalue weighted by atomic mass is 35.5. The van der Waals surface area contributed by atoms with Crippen molar-refractivity contribution in [2.75, 3.05) is 0 Å². The number of hydrogen-bond donors (Lipinski definition) is 0. The lowest BCUT2D eigenvalue weighted by Crippen LogP contribution is -1.95. The van der Waals surface area contributed by atoms with Crippen molar-refractivity contribution in [3.8, 4) is 16.9 Å². The van der Waals surface area contributed by atoms with Crippen LogP contribution in [-0.4, -0.2) is 16.1 Å². The molecule has 3 nitrogen and oxygen atoms in total. The van der Waals surface area contributed by atoms with Gasteiger partial charge in [0.15, 0.2) is 6.29 Å². The van der Waals surface area contributed by atoms with E-state index in [-0.39, 0.29) is 0 Å². The van der Waals surface area contributed by atoms with Crippen molar-refractivity contribution in [1.29, 1.82) is 0 Å². The molecule has 21 heavy (non-hydrogen) atoms. The summed E-state index contributed by atoms with van der Waals surface area (Å²) >= 11 is 12.3. The second-order valence-electron chi connectivity index (χ2n) is 4.43. The molecule has 0 atom stereocenters. The molecule has 0 spiro atoms. The Morgan fingerprint density at radius 3 is 2.29 bits per heavy atom. The first-order valence-corrected chi connectivity index (χ1v) is 7.01. The van der Waals surface area contributed by atoms with Crippen LogP contribution in [0.2, 0.25) is 10.0 Å². The first kappa shape index (κ1) is 13.9. The maximum Gasteiger partial charge on any atom is 0.153 e. The van der Waals surface area contributed by atoms with E-state index in [0.29, 0.717) is 32.6 Å². The molecule has 0 aliphatic heterocycles. The highest BCUT2D eigenvalue weighted by Gasteiger charge is 2.15. The fourth-order valence-corrected chi connectivity index (χ4v) is 2.54. The van der Waals surface area contributed by atoms with Crippen LogP contribution in [-0.2, 0) is 0 Å². The Morgan fingerprint density at radius 2 is 1.62 bits per heavy atom. The van der Waals surface area contributed by atoms with Crippen molar-refractivity contribution in [3.05, 3.63) is 70.3 Å². The molecule has 1 aromatic heterocycles. The molecule has 0 bridgehead atoms. The third-order valence-corrected chi connectivity index (χ3v) is 3.75. The summed E-state index contributed by atoms with van der Waals surface area (Å²) in [5.41, 5.74) is 2.42. The van der Waals surface area contributed by atoms with Gasteiger partial charge < -0.3 is 0 Å². The van der Waals surface area contributed by atoms with Crippen LogP contribution >= 0.6 is 23.2 Å². The van der Waals surface area contributed by atoms with Crippen molar-refractivity contribution in [2.45, 2.75) is 0 Å². The molecule has 0 amide bonds. The van der Waals surface area contributed by atoms with Gasteiger partial charge in [0.05, 0.1) is 21.3 Å². The summed E-state index contributed by atoms with van der Waals surface area (Å²) in [6, 6.07) is 14.6. The predicted molar refractivity (Wildman–Crippen MR) is 84.4 cm³/mol. The van der Waals surface area contributed by atoms with Crippen LogP contribution in [0.4, 0.5) is 0 Å². The van der Waals surface area contributed by atoms with Gasteiger partial charge in [-0.3, -0.25) is 4.79 Å². The van der Waals surface area contributed by atoms with Crippen LogP contribution in [0, 0.1) is 0 Å². The molecule has 104 valence electrons. The second-order valence-corrected chi connectivity index (χ2v) is 5.24. The molecule has 0 radical (unpaired) electrons. The van der Waals surface area contributed by atoms with Gasteiger partial charge in [0.25, 0.3) is 0 Å². The van der Waals surface area contributed by atoms with Gasteiger partial charge in [-0.05, 0) is 18.2 Å². The largest absolute Gasteiger partial charge is 0.298 e. The van der Waals surface area contributed by atoms with Crippen LogP contribution in [0.3, 0.4) is 0 Å². The fraction of sp³-hybridized carbons (Fsp3) is 0. The number of rotatable bonds is 3. The average molecular weight is 317 g/mol. The number of benzene rings is 2. The van der Waals surface area contributed by atoms with Crippen LogP contribution < -0.4 is 0 Å². The zero-order valence-corrected chi connectivity index (χ0v) is 12.3. The van der Waals surface area contributed by atoms with E-state index in [2.05, 4.69) is 5.10 Å². The smallest absolute Gasteiger partial charge is 0.153 e. The molecule has 3 aromatic rings. The van der Waals surface area contributed by atoms with Crippen molar-refractivity contribution < 1.29 is 4.79 Å². The van der Waals surface area contributed by atoms with Crippen LogP contribution in [0.5, 0.6) is 0 Å². The molecule has 0 unspecified atom stereocenters. The Bertz CT molecular complexity index is 812. The highest BCUT2D eigenvalue weighted by molar-refractivity contribution is 6.33. The summed E-state index contributed by atoms with van der Waals surface area (Å²) < 4.78 is 1.59. The first-order chi connectivity index (χ1) is 10.2. The Kier molecular flexibility index (Phi) is 3.78. The summed E-state index contributed by atoms with van der Waals surface area (Å²) in [5, 5.41) is 5.56. The highest BCUT2D eigenvalue weighted by Crippen LogP contribution is 2.30. The molecule has 1 heterocycles. The number of carbonyl (C=O) groups is 1. The average Bonchev–Trinajstić information content (AvgIpc) is 2.92. The lowest BCUT2D eigenvalue weighted by molar-refractivity contribution is 0.112. The van der Waals surface area contributed by atoms with E-state index < -0.39 is 0 Å². The minimum absolute atomic E-state index is 0.461. The summed E-state index contributed by atoms with van der Waals surface area (Å²) in [7, 11) is 0. The Morgan fingerprint density at radius 1 is 0.952 bits per heavy atom. The number of nitrogens with zero attached hydrogens (tertiary/aromatic N) is 2. The normalized spacial score (nSPS) is 10.6. The van der Waals surface area contributed by atoms with Gasteiger partial charge in [-0.25, -0.2) is 4.68 Å². The van der Waals surface area contributed by atoms with Gasteiger partial charge >= 0.3 is 0 Å². The maximum atomic E-state index is 11.3. The van der Waals surface area contributed by atoms with Crippen LogP contribution in [0.25, 0.3) is 16.9 Å². The number of carbonyl (C=O) groups excluding carboxylic acids is 1. The van der Waals surface area contributed by atoms with E-state index in [1.165, 1.54) is 0 Å². The van der Waals surface area contributed by atoms with Crippen molar-refractivity contribution in [3.63, 3.8) is 0 Å². The lowest BCUT2D eigenvalue weighted by atomic mass is 10.1. The first-order valence-electron chi connectivity index (χ1n) is 6.25. The molecule has 5 heteroatoms. The lowest BCUT2D eigenvalue weighted by Gasteiger charge is -2.03. The van der Waals surface area contributed by atoms with E-state index in [1.54, 1.807) is 23.0 Å². The zero-order valence-electron chi connectivity index (χ0n) is 10.8. The molecular formula is C16H10Cl2N2O. The molecule has 0 aliphatic rings. The summed E-state index contributed by atoms with van der Waals surface area (Å²) in [5.74, 6) is 0. The zero-order chi connectivity index (χ0) is 14.8. The summed E-state index contributed by atoms with van der Waals surface area (Å²) in [4.78, 5) is 11.3. The van der Waals surface area contributed by atoms with Gasteiger partial charge in [0.2, 0.25) is 0 Å². The Labute approximate surface area is 131 Å². The molecule has 2 aromatic carbocycles. The standard InChI is InChI=1S/C16H10Cl2N2O/c17-13-6-2-1-5-12(13)16-11(10-21)9-20(19-16)15-8-4-3-7-14(15)18/h1-10H. The van der Waals surface area contributed by atoms with E-state index >= 15 is 0 Å². The van der Waals surface area contributed by atoms with Gasteiger partial charge in [0, 0.05) is 11.8 Å². The van der Waals surface area contributed by atoms with Crippen molar-refractivity contribution >= 4 is 29.5 Å². The third kappa shape index (κ3) is 2.58. The predicted octanol–water partition coefficient (Wildman–Crippen LogP) is 4.66. The second kappa shape index (κ2) is 5.72. The van der Waals surface area contributed by atoms with Gasteiger partial charge in [0.1, 0.15) is 5.69 Å². The molecular weight excluding hydrogens is 307 g/mol. The molecule has 0 saturated carbocycles. The van der Waals surface area contributed by atoms with Crippen LogP contribution in [0.1, 0.15) is 10.4 Å². The van der Waals surface area contributed by atoms with E-state index in [4.69, 9.17) is 23.2 Å². The van der Waals surface area contributed by atoms with Crippen LogP contribution in [0.15, 0.2) is 54.7 Å². The number of aldehydes is 1. The monoisotopic (exact) mass is 316 g/mol. The Hall–Kier alpha value is -2.10. The minimum atomic E-state index is 0.461. The summed E-state index contributed by atoms with van der Waals surface area (Å²) in [6.07, 6.45) is 2.41. The number of halogens is 2. The van der Waals surface area contributed by atoms with E-state index in [1.807, 2.05) is 36.4 Å². The van der Waals surface area contributed by atoms with E-state index in [9.17, 15) is 4.79 Å². The molecule has 0 fully saturated rings. The van der Waals surface area contributed by atoms with Gasteiger partial charge in [-0.2, -0.15) is 5.10 Å². The number of hydrogen-bond acceptors (Lipinski definition) is 2. The fourth-order valence-electron chi connectivity index (χ4n) is 2.10. The Balaban J connectivity index is 2.18. The SMILES string of the molecule is O=Cc1cn(-c2ccccc2Cl)nc1-c1ccccc1Cl. The molecule has 0 saturated heterocycles. The van der Waals surface area contributed by atoms with Crippen molar-refractivity contribution in [1.82, 2.24) is 9.78 Å². The number of para-hydroxylation sites is 1.